The maximum atomic E-state index is 12.1. The van der Waals surface area contributed by atoms with Crippen LogP contribution < -0.4 is 0 Å². The number of ether oxygens (including phenoxy) is 1. The van der Waals surface area contributed by atoms with Gasteiger partial charge in [0.1, 0.15) is 0 Å². The van der Waals surface area contributed by atoms with Gasteiger partial charge in [0, 0.05) is 17.0 Å². The molecule has 0 saturated heterocycles. The molecule has 0 fully saturated rings. The molecular weight excluding hydrogens is 264 g/mol. The highest BCUT2D eigenvalue weighted by atomic mass is 35.5. The molecule has 0 aliphatic carbocycles. The van der Waals surface area contributed by atoms with Gasteiger partial charge in [0.25, 0.3) is 0 Å². The van der Waals surface area contributed by atoms with Gasteiger partial charge in [-0.15, -0.1) is 0 Å². The fraction of sp³-hybridized carbons (Fsp3) is 0.467. The smallest absolute Gasteiger partial charge is 0.309 e. The van der Waals surface area contributed by atoms with Gasteiger partial charge in [-0.1, -0.05) is 25.4 Å². The van der Waals surface area contributed by atoms with Crippen LogP contribution in [0.2, 0.25) is 5.02 Å². The third-order valence-corrected chi connectivity index (χ3v) is 3.22. The summed E-state index contributed by atoms with van der Waals surface area (Å²) in [6, 6.07) is 6.69. The van der Waals surface area contributed by atoms with E-state index in [9.17, 15) is 9.59 Å². The molecule has 0 aliphatic heterocycles. The maximum Gasteiger partial charge on any atom is 0.309 e. The van der Waals surface area contributed by atoms with E-state index in [1.54, 1.807) is 31.2 Å². The molecule has 1 atom stereocenters. The molecular formula is C15H19ClO3. The van der Waals surface area contributed by atoms with Crippen molar-refractivity contribution in [3.05, 3.63) is 34.9 Å². The van der Waals surface area contributed by atoms with Crippen LogP contribution in [0, 0.1) is 11.8 Å². The highest BCUT2D eigenvalue weighted by molar-refractivity contribution is 6.30. The average Bonchev–Trinajstić information content (AvgIpc) is 2.36. The molecule has 0 spiro atoms. The molecule has 1 unspecified atom stereocenters. The first-order valence-corrected chi connectivity index (χ1v) is 6.78. The van der Waals surface area contributed by atoms with Crippen LogP contribution in [-0.4, -0.2) is 18.4 Å². The number of Topliss-reactive ketones (excluding diaryl/α,β-unsaturated/α-hetero) is 1. The van der Waals surface area contributed by atoms with Gasteiger partial charge in [-0.3, -0.25) is 9.59 Å². The van der Waals surface area contributed by atoms with Gasteiger partial charge in [0.2, 0.25) is 0 Å². The Morgan fingerprint density at radius 3 is 2.26 bits per heavy atom. The fourth-order valence-electron chi connectivity index (χ4n) is 1.79. The Labute approximate surface area is 118 Å². The van der Waals surface area contributed by atoms with Crippen molar-refractivity contribution < 1.29 is 14.3 Å². The third kappa shape index (κ3) is 4.67. The van der Waals surface area contributed by atoms with Crippen LogP contribution >= 0.6 is 11.6 Å². The predicted octanol–water partition coefficient (Wildman–Crippen LogP) is 3.75. The molecule has 19 heavy (non-hydrogen) atoms. The zero-order valence-electron chi connectivity index (χ0n) is 11.5. The van der Waals surface area contributed by atoms with Gasteiger partial charge in [0.05, 0.1) is 12.5 Å². The summed E-state index contributed by atoms with van der Waals surface area (Å²) >= 11 is 5.78. The zero-order chi connectivity index (χ0) is 14.4. The minimum atomic E-state index is -0.400. The molecule has 0 aliphatic rings. The summed E-state index contributed by atoms with van der Waals surface area (Å²) in [7, 11) is 0. The number of ketones is 1. The molecule has 0 bridgehead atoms. The van der Waals surface area contributed by atoms with Crippen molar-refractivity contribution in [2.24, 2.45) is 11.8 Å². The highest BCUT2D eigenvalue weighted by Crippen LogP contribution is 2.20. The standard InChI is InChI=1S/C15H19ClO3/c1-4-19-15(18)13(10(2)3)9-14(17)11-5-7-12(16)8-6-11/h5-8,10,13H,4,9H2,1-3H3. The topological polar surface area (TPSA) is 43.4 Å². The molecule has 0 saturated carbocycles. The summed E-state index contributed by atoms with van der Waals surface area (Å²) in [5.41, 5.74) is 0.569. The van der Waals surface area contributed by atoms with Gasteiger partial charge < -0.3 is 4.74 Å². The monoisotopic (exact) mass is 282 g/mol. The van der Waals surface area contributed by atoms with Crippen LogP contribution in [0.15, 0.2) is 24.3 Å². The number of hydrogen-bond acceptors (Lipinski definition) is 3. The molecule has 0 aromatic heterocycles. The Morgan fingerprint density at radius 1 is 1.21 bits per heavy atom. The molecule has 1 aromatic rings. The van der Waals surface area contributed by atoms with Crippen molar-refractivity contribution in [1.82, 2.24) is 0 Å². The van der Waals surface area contributed by atoms with Gasteiger partial charge in [-0.2, -0.15) is 0 Å². The second-order valence-electron chi connectivity index (χ2n) is 4.74. The van der Waals surface area contributed by atoms with Gasteiger partial charge in [-0.05, 0) is 37.1 Å². The Kier molecular flexibility index (Phi) is 6.03. The SMILES string of the molecule is CCOC(=O)C(CC(=O)c1ccc(Cl)cc1)C(C)C. The van der Waals surface area contributed by atoms with Crippen molar-refractivity contribution >= 4 is 23.4 Å². The normalized spacial score (nSPS) is 12.3. The fourth-order valence-corrected chi connectivity index (χ4v) is 1.92. The lowest BCUT2D eigenvalue weighted by atomic mass is 9.89. The first-order chi connectivity index (χ1) is 8.95. The van der Waals surface area contributed by atoms with Crippen LogP contribution in [0.5, 0.6) is 0 Å². The summed E-state index contributed by atoms with van der Waals surface area (Å²) in [4.78, 5) is 23.9. The van der Waals surface area contributed by atoms with E-state index in [1.165, 1.54) is 0 Å². The van der Waals surface area contributed by atoms with Crippen molar-refractivity contribution in [2.45, 2.75) is 27.2 Å². The van der Waals surface area contributed by atoms with Crippen molar-refractivity contribution in [3.8, 4) is 0 Å². The molecule has 1 rings (SSSR count). The first kappa shape index (κ1) is 15.7. The van der Waals surface area contributed by atoms with Gasteiger partial charge in [-0.25, -0.2) is 0 Å². The summed E-state index contributed by atoms with van der Waals surface area (Å²) < 4.78 is 5.01. The molecule has 0 radical (unpaired) electrons. The van der Waals surface area contributed by atoms with Crippen LogP contribution in [0.25, 0.3) is 0 Å². The zero-order valence-corrected chi connectivity index (χ0v) is 12.2. The first-order valence-electron chi connectivity index (χ1n) is 6.41. The Morgan fingerprint density at radius 2 is 1.79 bits per heavy atom. The molecule has 4 heteroatoms. The molecule has 0 amide bonds. The second kappa shape index (κ2) is 7.29. The maximum absolute atomic E-state index is 12.1. The highest BCUT2D eigenvalue weighted by Gasteiger charge is 2.26. The van der Waals surface area contributed by atoms with Crippen molar-refractivity contribution in [2.75, 3.05) is 6.61 Å². The van der Waals surface area contributed by atoms with Crippen molar-refractivity contribution in [1.29, 1.82) is 0 Å². The summed E-state index contributed by atoms with van der Waals surface area (Å²) in [5, 5.41) is 0.586. The Hall–Kier alpha value is -1.35. The number of carbonyl (C=O) groups excluding carboxylic acids is 2. The largest absolute Gasteiger partial charge is 0.466 e. The lowest BCUT2D eigenvalue weighted by Crippen LogP contribution is -2.25. The average molecular weight is 283 g/mol. The van der Waals surface area contributed by atoms with Crippen molar-refractivity contribution in [3.63, 3.8) is 0 Å². The lowest BCUT2D eigenvalue weighted by Gasteiger charge is -2.18. The van der Waals surface area contributed by atoms with E-state index in [0.717, 1.165) is 0 Å². The van der Waals surface area contributed by atoms with E-state index in [1.807, 2.05) is 13.8 Å². The Balaban J connectivity index is 2.76. The quantitative estimate of drug-likeness (QED) is 0.589. The van der Waals surface area contributed by atoms with E-state index in [-0.39, 0.29) is 24.1 Å². The predicted molar refractivity (Wildman–Crippen MR) is 75.4 cm³/mol. The second-order valence-corrected chi connectivity index (χ2v) is 5.17. The number of hydrogen-bond donors (Lipinski definition) is 0. The Bertz CT molecular complexity index is 437. The minimum Gasteiger partial charge on any atom is -0.466 e. The van der Waals surface area contributed by atoms with Crippen LogP contribution in [0.1, 0.15) is 37.6 Å². The molecule has 104 valence electrons. The van der Waals surface area contributed by atoms with E-state index in [4.69, 9.17) is 16.3 Å². The molecule has 0 heterocycles. The number of esters is 1. The van der Waals surface area contributed by atoms with Gasteiger partial charge in [0.15, 0.2) is 5.78 Å². The number of carbonyl (C=O) groups is 2. The summed E-state index contributed by atoms with van der Waals surface area (Å²) in [6.07, 6.45) is 0.165. The molecule has 0 N–H and O–H groups in total. The summed E-state index contributed by atoms with van der Waals surface area (Å²) in [6.45, 7) is 5.92. The van der Waals surface area contributed by atoms with E-state index in [2.05, 4.69) is 0 Å². The van der Waals surface area contributed by atoms with Crippen LogP contribution in [0.4, 0.5) is 0 Å². The van der Waals surface area contributed by atoms with Crippen LogP contribution in [-0.2, 0) is 9.53 Å². The third-order valence-electron chi connectivity index (χ3n) is 2.97. The molecule has 1 aromatic carbocycles. The number of rotatable bonds is 6. The van der Waals surface area contributed by atoms with Gasteiger partial charge >= 0.3 is 5.97 Å². The molecule has 3 nitrogen and oxygen atoms in total. The van der Waals surface area contributed by atoms with Crippen LogP contribution in [0.3, 0.4) is 0 Å². The lowest BCUT2D eigenvalue weighted by molar-refractivity contribution is -0.149. The number of benzene rings is 1. The van der Waals surface area contributed by atoms with E-state index >= 15 is 0 Å². The summed E-state index contributed by atoms with van der Waals surface area (Å²) in [5.74, 6) is -0.707. The van der Waals surface area contributed by atoms with E-state index < -0.39 is 5.92 Å². The van der Waals surface area contributed by atoms with E-state index in [0.29, 0.717) is 17.2 Å². The number of halogens is 1. The minimum absolute atomic E-state index is 0.0651.